The van der Waals surface area contributed by atoms with Gasteiger partial charge in [-0.1, -0.05) is 5.16 Å². The Morgan fingerprint density at radius 2 is 2.03 bits per heavy atom. The van der Waals surface area contributed by atoms with Crippen LogP contribution in [0.15, 0.2) is 51.7 Å². The Morgan fingerprint density at radius 1 is 1.26 bits per heavy atom. The number of hydrogen-bond donors (Lipinski definition) is 5. The first kappa shape index (κ1) is 26.4. The smallest absolute Gasteiger partial charge is 0.352 e. The first-order chi connectivity index (χ1) is 18.7. The van der Waals surface area contributed by atoms with Crippen molar-refractivity contribution in [3.8, 4) is 5.75 Å². The molecule has 2 aliphatic rings. The highest BCUT2D eigenvalue weighted by Crippen LogP contribution is 2.40. The van der Waals surface area contributed by atoms with Gasteiger partial charge >= 0.3 is 5.97 Å². The molecule has 0 bridgehead atoms. The number of nitrogens with two attached hydrogens (primary N) is 2. The minimum absolute atomic E-state index is 0.0261. The number of carboxylic acid groups (broad SMARTS) is 1. The molecule has 2 atom stereocenters. The molecule has 5 heterocycles. The lowest BCUT2D eigenvalue weighted by Crippen LogP contribution is -2.71. The molecule has 0 aromatic carbocycles. The van der Waals surface area contributed by atoms with Crippen molar-refractivity contribution in [2.45, 2.75) is 24.6 Å². The molecule has 7 N–H and O–H groups in total. The molecule has 202 valence electrons. The number of aromatic nitrogens is 3. The van der Waals surface area contributed by atoms with Crippen molar-refractivity contribution in [2.75, 3.05) is 17.2 Å². The highest BCUT2D eigenvalue weighted by molar-refractivity contribution is 8.00. The zero-order valence-corrected chi connectivity index (χ0v) is 22.3. The molecule has 17 heteroatoms. The van der Waals surface area contributed by atoms with E-state index in [0.29, 0.717) is 22.2 Å². The Labute approximate surface area is 232 Å². The number of nitrogen functional groups attached to an aromatic ring is 2. The number of aromatic hydroxyl groups is 1. The van der Waals surface area contributed by atoms with Gasteiger partial charge < -0.3 is 31.8 Å². The number of β-lactam (4-membered cyclic amide) rings is 1. The number of thioether (sulfide) groups is 1. The average Bonchev–Trinajstić information content (AvgIpc) is 3.52. The van der Waals surface area contributed by atoms with Crippen LogP contribution < -0.4 is 21.4 Å². The molecule has 0 spiro atoms. The standard InChI is InChI=1S/C22H20N8O6S3/c23-21-25-11(8-38-21)6-36-28-14(13-9-39-22(24)26-13)17(32)27-15-18(33)30-16(20(34)35)10(7-37-19(15)30)4-29-3-1-2-12(31)5-29/h1-3,5,8-9,15,19H,4,6-7H2,(H6-,23,24,25,26,27,31,32,34,35)/p+1/t15?,19-/m0/s1. The number of carboxylic acids is 1. The number of thiazole rings is 2. The highest BCUT2D eigenvalue weighted by Gasteiger charge is 2.54. The second kappa shape index (κ2) is 10.9. The van der Waals surface area contributed by atoms with Gasteiger partial charge in [0.1, 0.15) is 22.8 Å². The van der Waals surface area contributed by atoms with Gasteiger partial charge in [0, 0.05) is 28.2 Å². The number of nitrogens with zero attached hydrogens (tertiary/aromatic N) is 5. The molecule has 14 nitrogen and oxygen atoms in total. The quantitative estimate of drug-likeness (QED) is 0.0979. The Kier molecular flexibility index (Phi) is 7.36. The molecule has 1 fully saturated rings. The third-order valence-corrected chi connectivity index (χ3v) is 8.41. The molecular formula is C22H21N8O6S3+. The lowest BCUT2D eigenvalue weighted by atomic mass is 10.0. The van der Waals surface area contributed by atoms with E-state index in [1.807, 2.05) is 0 Å². The second-order valence-electron chi connectivity index (χ2n) is 8.31. The van der Waals surface area contributed by atoms with E-state index in [0.717, 1.165) is 11.3 Å². The van der Waals surface area contributed by atoms with E-state index in [2.05, 4.69) is 20.4 Å². The van der Waals surface area contributed by atoms with Crippen molar-refractivity contribution in [1.29, 1.82) is 0 Å². The highest BCUT2D eigenvalue weighted by atomic mass is 32.2. The fourth-order valence-electron chi connectivity index (χ4n) is 3.99. The SMILES string of the molecule is Nc1nc(CON=C(C(=O)NC2C(=O)N3C(C(=O)O)=C(C[n+]4cccc(O)c4)CS[C@@H]23)c2csc(N)n2)cs1. The van der Waals surface area contributed by atoms with Gasteiger partial charge in [-0.15, -0.1) is 34.4 Å². The number of carbonyl (C=O) groups is 3. The number of pyridine rings is 1. The zero-order valence-electron chi connectivity index (χ0n) is 19.9. The predicted octanol–water partition coefficient (Wildman–Crippen LogP) is 0.117. The Hall–Kier alpha value is -4.22. The average molecular weight is 590 g/mol. The van der Waals surface area contributed by atoms with Gasteiger partial charge in [0.2, 0.25) is 6.20 Å². The third-order valence-electron chi connectivity index (χ3n) is 5.67. The summed E-state index contributed by atoms with van der Waals surface area (Å²) in [6, 6.07) is 2.13. The number of nitrogens with one attached hydrogen (secondary N) is 1. The molecular weight excluding hydrogens is 568 g/mol. The van der Waals surface area contributed by atoms with E-state index in [4.69, 9.17) is 16.3 Å². The van der Waals surface area contributed by atoms with Crippen LogP contribution in [0, 0.1) is 0 Å². The van der Waals surface area contributed by atoms with E-state index in [9.17, 15) is 24.6 Å². The van der Waals surface area contributed by atoms with Crippen molar-refractivity contribution >= 4 is 68.2 Å². The first-order valence-corrected chi connectivity index (χ1v) is 14.0. The van der Waals surface area contributed by atoms with Crippen molar-refractivity contribution in [3.63, 3.8) is 0 Å². The van der Waals surface area contributed by atoms with Crippen LogP contribution in [-0.4, -0.2) is 65.7 Å². The summed E-state index contributed by atoms with van der Waals surface area (Å²) in [5.41, 5.74) is 12.2. The van der Waals surface area contributed by atoms with E-state index < -0.39 is 29.2 Å². The van der Waals surface area contributed by atoms with Gasteiger partial charge in [0.25, 0.3) is 11.8 Å². The van der Waals surface area contributed by atoms with E-state index >= 15 is 0 Å². The lowest BCUT2D eigenvalue weighted by molar-refractivity contribution is -0.689. The fourth-order valence-corrected chi connectivity index (χ4v) is 6.42. The number of aliphatic carboxylic acids is 1. The van der Waals surface area contributed by atoms with Gasteiger partial charge in [-0.2, -0.15) is 4.57 Å². The van der Waals surface area contributed by atoms with Crippen LogP contribution in [0.4, 0.5) is 10.3 Å². The number of amides is 2. The molecule has 3 aromatic heterocycles. The number of rotatable bonds is 9. The summed E-state index contributed by atoms with van der Waals surface area (Å²) in [5, 5.41) is 29.3. The molecule has 5 rings (SSSR count). The van der Waals surface area contributed by atoms with Gasteiger partial charge in [0.05, 0.1) is 5.69 Å². The van der Waals surface area contributed by atoms with Gasteiger partial charge in [-0.25, -0.2) is 14.8 Å². The second-order valence-corrected chi connectivity index (χ2v) is 11.2. The zero-order chi connectivity index (χ0) is 27.7. The number of fused-ring (bicyclic) bond motifs is 1. The van der Waals surface area contributed by atoms with Crippen LogP contribution in [0.2, 0.25) is 0 Å². The Balaban J connectivity index is 1.32. The van der Waals surface area contributed by atoms with Crippen LogP contribution in [0.25, 0.3) is 0 Å². The van der Waals surface area contributed by atoms with Crippen molar-refractivity contribution in [3.05, 3.63) is 57.9 Å². The summed E-state index contributed by atoms with van der Waals surface area (Å²) in [7, 11) is 0. The predicted molar refractivity (Wildman–Crippen MR) is 142 cm³/mol. The van der Waals surface area contributed by atoms with Gasteiger partial charge in [0.15, 0.2) is 41.1 Å². The fraction of sp³-hybridized carbons (Fsp3) is 0.227. The molecule has 0 aliphatic carbocycles. The number of anilines is 2. The summed E-state index contributed by atoms with van der Waals surface area (Å²) in [6.07, 6.45) is 3.14. The van der Waals surface area contributed by atoms with Gasteiger partial charge in [-0.05, 0) is 6.07 Å². The maximum Gasteiger partial charge on any atom is 0.352 e. The van der Waals surface area contributed by atoms with E-state index in [-0.39, 0.29) is 41.1 Å². The van der Waals surface area contributed by atoms with Gasteiger partial charge in [-0.3, -0.25) is 14.5 Å². The van der Waals surface area contributed by atoms with E-state index in [1.165, 1.54) is 45.6 Å². The van der Waals surface area contributed by atoms with Crippen LogP contribution in [0.5, 0.6) is 5.75 Å². The molecule has 1 unspecified atom stereocenters. The normalized spacial score (nSPS) is 18.9. The molecule has 3 aromatic rings. The third kappa shape index (κ3) is 5.50. The summed E-state index contributed by atoms with van der Waals surface area (Å²) >= 11 is 3.65. The van der Waals surface area contributed by atoms with Crippen molar-refractivity contribution < 1.29 is 34.0 Å². The maximum atomic E-state index is 13.2. The molecule has 0 saturated carbocycles. The summed E-state index contributed by atoms with van der Waals surface area (Å²) in [6.45, 7) is 0.117. The molecule has 1 saturated heterocycles. The Morgan fingerprint density at radius 3 is 2.69 bits per heavy atom. The number of oxime groups is 1. The summed E-state index contributed by atoms with van der Waals surface area (Å²) in [4.78, 5) is 53.1. The minimum Gasteiger partial charge on any atom is -0.503 e. The van der Waals surface area contributed by atoms with Crippen molar-refractivity contribution in [1.82, 2.24) is 20.2 Å². The monoisotopic (exact) mass is 589 g/mol. The minimum atomic E-state index is -1.26. The molecule has 2 aliphatic heterocycles. The Bertz CT molecular complexity index is 1520. The summed E-state index contributed by atoms with van der Waals surface area (Å²) < 4.78 is 1.63. The van der Waals surface area contributed by atoms with Crippen LogP contribution in [0.3, 0.4) is 0 Å². The number of hydrogen-bond acceptors (Lipinski definition) is 13. The largest absolute Gasteiger partial charge is 0.503 e. The molecule has 0 radical (unpaired) electrons. The summed E-state index contributed by atoms with van der Waals surface area (Å²) in [5.74, 6) is -2.25. The van der Waals surface area contributed by atoms with E-state index in [1.54, 1.807) is 22.2 Å². The maximum absolute atomic E-state index is 13.2. The molecule has 2 amide bonds. The van der Waals surface area contributed by atoms with Crippen LogP contribution in [0.1, 0.15) is 11.4 Å². The molecule has 39 heavy (non-hydrogen) atoms. The lowest BCUT2D eigenvalue weighted by Gasteiger charge is -2.49. The van der Waals surface area contributed by atoms with Crippen molar-refractivity contribution in [2.24, 2.45) is 5.16 Å². The van der Waals surface area contributed by atoms with Crippen LogP contribution >= 0.6 is 34.4 Å². The number of carbonyl (C=O) groups excluding carboxylic acids is 2. The first-order valence-electron chi connectivity index (χ1n) is 11.2. The topological polar surface area (TPSA) is 210 Å². The van der Waals surface area contributed by atoms with Crippen LogP contribution in [-0.2, 0) is 32.4 Å².